The number of hydrogen-bond donors (Lipinski definition) is 1. The van der Waals surface area contributed by atoms with Crippen LogP contribution in [0.2, 0.25) is 0 Å². The highest BCUT2D eigenvalue weighted by molar-refractivity contribution is 5.94. The molecule has 0 aromatic heterocycles. The smallest absolute Gasteiger partial charge is 0.159 e. The van der Waals surface area contributed by atoms with Crippen molar-refractivity contribution in [2.45, 2.75) is 32.6 Å². The number of hydrogen-bond acceptors (Lipinski definition) is 2. The largest absolute Gasteiger partial charge is 0.512 e. The summed E-state index contributed by atoms with van der Waals surface area (Å²) in [6.45, 7) is 4.21. The van der Waals surface area contributed by atoms with E-state index in [1.54, 1.807) is 0 Å². The first-order valence-corrected chi connectivity index (χ1v) is 6.97. The molecule has 20 heavy (non-hydrogen) atoms. The van der Waals surface area contributed by atoms with Crippen molar-refractivity contribution < 1.29 is 9.90 Å². The number of fused-ring (bicyclic) bond motifs is 1. The van der Waals surface area contributed by atoms with E-state index in [2.05, 4.69) is 32.0 Å². The fourth-order valence-electron chi connectivity index (χ4n) is 3.23. The fraction of sp³-hybridized carbons (Fsp3) is 0.278. The van der Waals surface area contributed by atoms with Crippen LogP contribution in [-0.2, 0) is 4.79 Å². The monoisotopic (exact) mass is 266 g/mol. The third kappa shape index (κ3) is 2.11. The third-order valence-corrected chi connectivity index (χ3v) is 4.26. The Morgan fingerprint density at radius 3 is 2.65 bits per heavy atom. The summed E-state index contributed by atoms with van der Waals surface area (Å²) >= 11 is 0. The molecule has 1 aliphatic rings. The number of ketones is 1. The lowest BCUT2D eigenvalue weighted by Gasteiger charge is -2.24. The molecule has 0 heterocycles. The van der Waals surface area contributed by atoms with Gasteiger partial charge in [-0.3, -0.25) is 4.79 Å². The first kappa shape index (κ1) is 12.9. The van der Waals surface area contributed by atoms with Gasteiger partial charge in [-0.25, -0.2) is 0 Å². The van der Waals surface area contributed by atoms with Crippen LogP contribution in [0.1, 0.15) is 35.4 Å². The van der Waals surface area contributed by atoms with Crippen molar-refractivity contribution in [3.05, 3.63) is 58.9 Å². The summed E-state index contributed by atoms with van der Waals surface area (Å²) in [5, 5.41) is 12.2. The van der Waals surface area contributed by atoms with E-state index in [4.69, 9.17) is 0 Å². The number of carbonyl (C=O) groups is 1. The van der Waals surface area contributed by atoms with Crippen molar-refractivity contribution in [3.63, 3.8) is 0 Å². The Morgan fingerprint density at radius 2 is 1.90 bits per heavy atom. The average molecular weight is 266 g/mol. The molecule has 0 amide bonds. The van der Waals surface area contributed by atoms with Crippen LogP contribution in [-0.4, -0.2) is 10.9 Å². The van der Waals surface area contributed by atoms with E-state index < -0.39 is 0 Å². The minimum Gasteiger partial charge on any atom is -0.512 e. The minimum atomic E-state index is 0.0173. The van der Waals surface area contributed by atoms with Gasteiger partial charge in [-0.2, -0.15) is 0 Å². The molecule has 2 heteroatoms. The molecule has 0 fully saturated rings. The summed E-state index contributed by atoms with van der Waals surface area (Å²) in [4.78, 5) is 11.8. The zero-order chi connectivity index (χ0) is 14.3. The van der Waals surface area contributed by atoms with Gasteiger partial charge in [0.25, 0.3) is 0 Å². The van der Waals surface area contributed by atoms with Crippen molar-refractivity contribution in [2.75, 3.05) is 0 Å². The molecule has 1 unspecified atom stereocenters. The van der Waals surface area contributed by atoms with Gasteiger partial charge in [-0.05, 0) is 47.2 Å². The van der Waals surface area contributed by atoms with Crippen LogP contribution in [0.15, 0.2) is 42.2 Å². The Hall–Kier alpha value is -2.09. The quantitative estimate of drug-likeness (QED) is 0.833. The number of aliphatic hydroxyl groups is 1. The first-order chi connectivity index (χ1) is 9.56. The summed E-state index contributed by atoms with van der Waals surface area (Å²) in [6.07, 6.45) is 2.40. The van der Waals surface area contributed by atoms with Gasteiger partial charge >= 0.3 is 0 Å². The van der Waals surface area contributed by atoms with Crippen molar-refractivity contribution >= 4 is 16.6 Å². The van der Waals surface area contributed by atoms with Gasteiger partial charge in [0.05, 0.1) is 5.76 Å². The maximum Gasteiger partial charge on any atom is 0.159 e. The lowest BCUT2D eigenvalue weighted by atomic mass is 9.80. The summed E-state index contributed by atoms with van der Waals surface area (Å²) in [5.74, 6) is 0.303. The molecule has 102 valence electrons. The SMILES string of the molecule is Cc1cc2ccccc2c(C2CC(=O)C=C(O)C2)c1C. The van der Waals surface area contributed by atoms with Crippen molar-refractivity contribution in [2.24, 2.45) is 0 Å². The zero-order valence-electron chi connectivity index (χ0n) is 11.8. The Kier molecular flexibility index (Phi) is 3.09. The summed E-state index contributed by atoms with van der Waals surface area (Å²) in [7, 11) is 0. The van der Waals surface area contributed by atoms with Crippen LogP contribution < -0.4 is 0 Å². The second kappa shape index (κ2) is 4.78. The number of allylic oxidation sites excluding steroid dienone is 2. The van der Waals surface area contributed by atoms with E-state index in [0.29, 0.717) is 12.8 Å². The Morgan fingerprint density at radius 1 is 1.15 bits per heavy atom. The molecule has 1 aliphatic carbocycles. The molecule has 0 aliphatic heterocycles. The predicted molar refractivity (Wildman–Crippen MR) is 81.1 cm³/mol. The van der Waals surface area contributed by atoms with Crippen LogP contribution >= 0.6 is 0 Å². The number of rotatable bonds is 1. The summed E-state index contributed by atoms with van der Waals surface area (Å²) in [5.41, 5.74) is 3.69. The lowest BCUT2D eigenvalue weighted by molar-refractivity contribution is -0.115. The maximum atomic E-state index is 11.8. The fourth-order valence-corrected chi connectivity index (χ4v) is 3.23. The number of aliphatic hydroxyl groups excluding tert-OH is 1. The minimum absolute atomic E-state index is 0.0173. The normalized spacial score (nSPS) is 19.2. The molecule has 2 aromatic rings. The summed E-state index contributed by atoms with van der Waals surface area (Å²) < 4.78 is 0. The van der Waals surface area contributed by atoms with Gasteiger partial charge in [0.2, 0.25) is 0 Å². The maximum absolute atomic E-state index is 11.8. The van der Waals surface area contributed by atoms with E-state index in [1.165, 1.54) is 33.5 Å². The molecule has 0 spiro atoms. The first-order valence-electron chi connectivity index (χ1n) is 6.97. The van der Waals surface area contributed by atoms with Gasteiger partial charge in [0.15, 0.2) is 5.78 Å². The third-order valence-electron chi connectivity index (χ3n) is 4.26. The van der Waals surface area contributed by atoms with Crippen LogP contribution in [0, 0.1) is 13.8 Å². The van der Waals surface area contributed by atoms with Crippen LogP contribution in [0.5, 0.6) is 0 Å². The molecule has 0 radical (unpaired) electrons. The highest BCUT2D eigenvalue weighted by Gasteiger charge is 2.25. The molecule has 0 bridgehead atoms. The average Bonchev–Trinajstić information content (AvgIpc) is 2.39. The van der Waals surface area contributed by atoms with Crippen molar-refractivity contribution in [1.29, 1.82) is 0 Å². The Bertz CT molecular complexity index is 726. The molecule has 1 atom stereocenters. The van der Waals surface area contributed by atoms with E-state index in [1.807, 2.05) is 12.1 Å². The standard InChI is InChI=1S/C18H18O2/c1-11-7-13-5-3-4-6-17(13)18(12(11)2)14-8-15(19)10-16(20)9-14/h3-7,10,14,19H,8-9H2,1-2H3. The number of benzene rings is 2. The second-order valence-corrected chi connectivity index (χ2v) is 5.66. The van der Waals surface area contributed by atoms with E-state index in [0.717, 1.165) is 0 Å². The lowest BCUT2D eigenvalue weighted by Crippen LogP contribution is -2.14. The predicted octanol–water partition coefficient (Wildman–Crippen LogP) is 4.35. The molecule has 2 aromatic carbocycles. The van der Waals surface area contributed by atoms with Crippen LogP contribution in [0.25, 0.3) is 10.8 Å². The zero-order valence-corrected chi connectivity index (χ0v) is 11.8. The van der Waals surface area contributed by atoms with Gasteiger partial charge in [0.1, 0.15) is 0 Å². The van der Waals surface area contributed by atoms with Gasteiger partial charge in [0, 0.05) is 18.9 Å². The number of aryl methyl sites for hydroxylation is 1. The molecule has 2 nitrogen and oxygen atoms in total. The van der Waals surface area contributed by atoms with E-state index in [9.17, 15) is 9.90 Å². The van der Waals surface area contributed by atoms with Gasteiger partial charge in [-0.1, -0.05) is 30.3 Å². The molecule has 1 N–H and O–H groups in total. The molecule has 0 saturated carbocycles. The van der Waals surface area contributed by atoms with Crippen molar-refractivity contribution in [1.82, 2.24) is 0 Å². The van der Waals surface area contributed by atoms with Gasteiger partial charge < -0.3 is 5.11 Å². The number of carbonyl (C=O) groups excluding carboxylic acids is 1. The molecule has 0 saturated heterocycles. The Labute approximate surface area is 118 Å². The van der Waals surface area contributed by atoms with E-state index >= 15 is 0 Å². The van der Waals surface area contributed by atoms with Gasteiger partial charge in [-0.15, -0.1) is 0 Å². The topological polar surface area (TPSA) is 37.3 Å². The molecular weight excluding hydrogens is 248 g/mol. The van der Waals surface area contributed by atoms with Crippen LogP contribution in [0.4, 0.5) is 0 Å². The van der Waals surface area contributed by atoms with E-state index in [-0.39, 0.29) is 17.5 Å². The highest BCUT2D eigenvalue weighted by Crippen LogP contribution is 2.38. The molecular formula is C18H18O2. The second-order valence-electron chi connectivity index (χ2n) is 5.66. The Balaban J connectivity index is 2.22. The highest BCUT2D eigenvalue weighted by atomic mass is 16.3. The molecule has 3 rings (SSSR count). The summed E-state index contributed by atoms with van der Waals surface area (Å²) in [6, 6.07) is 10.5. The van der Waals surface area contributed by atoms with Crippen molar-refractivity contribution in [3.8, 4) is 0 Å². The van der Waals surface area contributed by atoms with Crippen LogP contribution in [0.3, 0.4) is 0 Å².